The van der Waals surface area contributed by atoms with Gasteiger partial charge in [0.15, 0.2) is 0 Å². The van der Waals surface area contributed by atoms with Gasteiger partial charge in [-0.2, -0.15) is 0 Å². The van der Waals surface area contributed by atoms with Crippen LogP contribution < -0.4 is 16.4 Å². The molecular formula is C15H22N4O. The number of nitrogens with two attached hydrogens (primary N) is 1. The molecule has 1 aromatic heterocycles. The number of hydrogen-bond acceptors (Lipinski definition) is 4. The average molecular weight is 274 g/mol. The first-order valence-corrected chi connectivity index (χ1v) is 7.39. The zero-order chi connectivity index (χ0) is 14.2. The minimum Gasteiger partial charge on any atom is -0.365 e. The topological polar surface area (TPSA) is 80.0 Å². The van der Waals surface area contributed by atoms with E-state index in [1.165, 1.54) is 18.4 Å². The first kappa shape index (κ1) is 13.4. The Labute approximate surface area is 119 Å². The second-order valence-electron chi connectivity index (χ2n) is 6.17. The largest absolute Gasteiger partial charge is 0.365 e. The highest BCUT2D eigenvalue weighted by atomic mass is 16.1. The summed E-state index contributed by atoms with van der Waals surface area (Å²) in [5.41, 5.74) is 8.31. The Balaban J connectivity index is 1.97. The molecule has 5 heteroatoms. The second kappa shape index (κ2) is 5.05. The molecule has 0 aromatic carbocycles. The van der Waals surface area contributed by atoms with Gasteiger partial charge < -0.3 is 16.4 Å². The van der Waals surface area contributed by atoms with E-state index in [-0.39, 0.29) is 5.54 Å². The molecule has 0 bridgehead atoms. The van der Waals surface area contributed by atoms with E-state index in [2.05, 4.69) is 17.6 Å². The van der Waals surface area contributed by atoms with Crippen molar-refractivity contribution in [2.45, 2.75) is 44.6 Å². The molecule has 20 heavy (non-hydrogen) atoms. The third-order valence-electron chi connectivity index (χ3n) is 4.36. The van der Waals surface area contributed by atoms with E-state index >= 15 is 0 Å². The van der Waals surface area contributed by atoms with Gasteiger partial charge >= 0.3 is 0 Å². The number of pyridine rings is 1. The van der Waals surface area contributed by atoms with Crippen LogP contribution in [-0.4, -0.2) is 29.5 Å². The summed E-state index contributed by atoms with van der Waals surface area (Å²) in [5, 5.41) is 6.78. The number of rotatable bonds is 3. The molecule has 5 nitrogen and oxygen atoms in total. The molecule has 4 N–H and O–H groups in total. The molecule has 1 atom stereocenters. The Morgan fingerprint density at radius 2 is 2.25 bits per heavy atom. The van der Waals surface area contributed by atoms with E-state index in [0.717, 1.165) is 38.0 Å². The third-order valence-corrected chi connectivity index (χ3v) is 4.36. The van der Waals surface area contributed by atoms with E-state index < -0.39 is 5.91 Å². The van der Waals surface area contributed by atoms with Crippen molar-refractivity contribution in [1.82, 2.24) is 10.3 Å². The van der Waals surface area contributed by atoms with Crippen molar-refractivity contribution < 1.29 is 4.79 Å². The van der Waals surface area contributed by atoms with Gasteiger partial charge in [-0.25, -0.2) is 4.98 Å². The first-order valence-electron chi connectivity index (χ1n) is 7.39. The van der Waals surface area contributed by atoms with Gasteiger partial charge in [-0.05, 0) is 57.2 Å². The normalized spacial score (nSPS) is 25.2. The number of anilines is 1. The van der Waals surface area contributed by atoms with E-state index in [1.807, 2.05) is 6.07 Å². The zero-order valence-corrected chi connectivity index (χ0v) is 12.0. The highest BCUT2D eigenvalue weighted by Gasteiger charge is 2.30. The second-order valence-corrected chi connectivity index (χ2v) is 6.17. The number of aryl methyl sites for hydroxylation is 2. The number of hydrogen-bond donors (Lipinski definition) is 3. The quantitative estimate of drug-likeness (QED) is 0.774. The summed E-state index contributed by atoms with van der Waals surface area (Å²) in [4.78, 5) is 16.4. The van der Waals surface area contributed by atoms with Crippen LogP contribution in [-0.2, 0) is 12.8 Å². The number of aromatic nitrogens is 1. The minimum absolute atomic E-state index is 0.0555. The van der Waals surface area contributed by atoms with Crippen LogP contribution in [0.5, 0.6) is 0 Å². The number of carbonyl (C=O) groups excluding carboxylic acids is 1. The molecule has 1 aliphatic heterocycles. The SMILES string of the molecule is CC1(Nc2nc3c(cc2C(N)=O)CCCC3)CCNC1. The Morgan fingerprint density at radius 1 is 1.45 bits per heavy atom. The van der Waals surface area contributed by atoms with Gasteiger partial charge in [0, 0.05) is 17.8 Å². The molecule has 2 aliphatic rings. The standard InChI is InChI=1S/C15H22N4O/c1-15(6-7-17-9-15)19-14-11(13(16)20)8-10-4-2-3-5-12(10)18-14/h8,17H,2-7,9H2,1H3,(H2,16,20)(H,18,19). The Morgan fingerprint density at radius 3 is 2.95 bits per heavy atom. The summed E-state index contributed by atoms with van der Waals surface area (Å²) in [6.45, 7) is 4.02. The molecule has 2 heterocycles. The summed E-state index contributed by atoms with van der Waals surface area (Å²) in [6, 6.07) is 1.94. The predicted molar refractivity (Wildman–Crippen MR) is 78.9 cm³/mol. The monoisotopic (exact) mass is 274 g/mol. The fourth-order valence-corrected chi connectivity index (χ4v) is 3.13. The molecular weight excluding hydrogens is 252 g/mol. The fourth-order valence-electron chi connectivity index (χ4n) is 3.13. The number of nitrogens with one attached hydrogen (secondary N) is 2. The lowest BCUT2D eigenvalue weighted by Crippen LogP contribution is -2.38. The first-order chi connectivity index (χ1) is 9.57. The smallest absolute Gasteiger partial charge is 0.252 e. The number of fused-ring (bicyclic) bond motifs is 1. The van der Waals surface area contributed by atoms with Gasteiger partial charge in [-0.15, -0.1) is 0 Å². The lowest BCUT2D eigenvalue weighted by Gasteiger charge is -2.27. The van der Waals surface area contributed by atoms with Crippen LogP contribution in [0.25, 0.3) is 0 Å². The maximum Gasteiger partial charge on any atom is 0.252 e. The maximum absolute atomic E-state index is 11.7. The summed E-state index contributed by atoms with van der Waals surface area (Å²) in [5.74, 6) is 0.257. The van der Waals surface area contributed by atoms with Crippen LogP contribution in [0.15, 0.2) is 6.07 Å². The molecule has 0 saturated carbocycles. The van der Waals surface area contributed by atoms with Gasteiger partial charge in [0.25, 0.3) is 5.91 Å². The molecule has 1 amide bonds. The Hall–Kier alpha value is -1.62. The van der Waals surface area contributed by atoms with Crippen LogP contribution >= 0.6 is 0 Å². The summed E-state index contributed by atoms with van der Waals surface area (Å²) >= 11 is 0. The Bertz CT molecular complexity index is 535. The van der Waals surface area contributed by atoms with E-state index in [4.69, 9.17) is 10.7 Å². The molecule has 0 spiro atoms. The van der Waals surface area contributed by atoms with Gasteiger partial charge in [-0.1, -0.05) is 0 Å². The van der Waals surface area contributed by atoms with Crippen LogP contribution in [0.4, 0.5) is 5.82 Å². The van der Waals surface area contributed by atoms with E-state index in [9.17, 15) is 4.79 Å². The van der Waals surface area contributed by atoms with Crippen LogP contribution in [0, 0.1) is 0 Å². The lowest BCUT2D eigenvalue weighted by atomic mass is 9.94. The van der Waals surface area contributed by atoms with Crippen molar-refractivity contribution >= 4 is 11.7 Å². The van der Waals surface area contributed by atoms with Crippen molar-refractivity contribution in [3.63, 3.8) is 0 Å². The lowest BCUT2D eigenvalue weighted by molar-refractivity contribution is 0.100. The van der Waals surface area contributed by atoms with Crippen LogP contribution in [0.2, 0.25) is 0 Å². The molecule has 1 unspecified atom stereocenters. The number of amides is 1. The van der Waals surface area contributed by atoms with Crippen molar-refractivity contribution in [3.05, 3.63) is 22.9 Å². The highest BCUT2D eigenvalue weighted by Crippen LogP contribution is 2.27. The zero-order valence-electron chi connectivity index (χ0n) is 12.0. The molecule has 1 saturated heterocycles. The minimum atomic E-state index is -0.400. The number of primary amides is 1. The van der Waals surface area contributed by atoms with Gasteiger partial charge in [0.05, 0.1) is 5.56 Å². The van der Waals surface area contributed by atoms with Crippen molar-refractivity contribution in [1.29, 1.82) is 0 Å². The molecule has 1 aliphatic carbocycles. The van der Waals surface area contributed by atoms with Gasteiger partial charge in [0.1, 0.15) is 5.82 Å². The van der Waals surface area contributed by atoms with Crippen molar-refractivity contribution in [3.8, 4) is 0 Å². The molecule has 1 aromatic rings. The van der Waals surface area contributed by atoms with Crippen LogP contribution in [0.3, 0.4) is 0 Å². The molecule has 3 rings (SSSR count). The van der Waals surface area contributed by atoms with E-state index in [1.54, 1.807) is 0 Å². The summed E-state index contributed by atoms with van der Waals surface area (Å²) in [7, 11) is 0. The highest BCUT2D eigenvalue weighted by molar-refractivity contribution is 5.98. The van der Waals surface area contributed by atoms with Crippen molar-refractivity contribution in [2.24, 2.45) is 5.73 Å². The van der Waals surface area contributed by atoms with E-state index in [0.29, 0.717) is 11.4 Å². The molecule has 0 radical (unpaired) electrons. The fraction of sp³-hybridized carbons (Fsp3) is 0.600. The third kappa shape index (κ3) is 2.50. The predicted octanol–water partition coefficient (Wildman–Crippen LogP) is 1.22. The molecule has 108 valence electrons. The number of nitrogens with zero attached hydrogens (tertiary/aromatic N) is 1. The summed E-state index contributed by atoms with van der Waals surface area (Å²) in [6.07, 6.45) is 5.36. The van der Waals surface area contributed by atoms with Gasteiger partial charge in [-0.3, -0.25) is 4.79 Å². The van der Waals surface area contributed by atoms with Crippen molar-refractivity contribution in [2.75, 3.05) is 18.4 Å². The number of carbonyl (C=O) groups is 1. The Kier molecular flexibility index (Phi) is 3.38. The summed E-state index contributed by atoms with van der Waals surface area (Å²) < 4.78 is 0. The average Bonchev–Trinajstić information content (AvgIpc) is 2.84. The maximum atomic E-state index is 11.7. The molecule has 1 fully saturated rings. The van der Waals surface area contributed by atoms with Crippen LogP contribution in [0.1, 0.15) is 47.8 Å². The van der Waals surface area contributed by atoms with Gasteiger partial charge in [0.2, 0.25) is 0 Å².